The minimum Gasteiger partial charge on any atom is -0.486 e. The van der Waals surface area contributed by atoms with E-state index in [1.165, 1.54) is 19.3 Å². The van der Waals surface area contributed by atoms with E-state index in [2.05, 4.69) is 68.2 Å². The maximum Gasteiger partial charge on any atom is 0.161 e. The van der Waals surface area contributed by atoms with Crippen molar-refractivity contribution in [2.75, 3.05) is 18.5 Å². The predicted molar refractivity (Wildman–Crippen MR) is 127 cm³/mol. The van der Waals surface area contributed by atoms with Crippen LogP contribution in [0.3, 0.4) is 0 Å². The number of aromatic nitrogens is 5. The SMILES string of the molecule is CC(C)[C@@H](Nc1ncnc2[nH]c(-c3ccnn3C3CCC3)cc12)c1ccc2c(c1)OCCO2. The van der Waals surface area contributed by atoms with Crippen LogP contribution in [0.15, 0.2) is 42.9 Å². The fourth-order valence-corrected chi connectivity index (χ4v) is 4.68. The zero-order valence-electron chi connectivity index (χ0n) is 18.9. The molecule has 2 aliphatic rings. The highest BCUT2D eigenvalue weighted by molar-refractivity contribution is 5.91. The van der Waals surface area contributed by atoms with E-state index in [1.807, 2.05) is 12.3 Å². The number of fused-ring (bicyclic) bond motifs is 2. The van der Waals surface area contributed by atoms with Crippen LogP contribution in [0.5, 0.6) is 11.5 Å². The average molecular weight is 445 g/mol. The van der Waals surface area contributed by atoms with Crippen molar-refractivity contribution in [3.05, 3.63) is 48.4 Å². The number of nitrogens with one attached hydrogen (secondary N) is 2. The Morgan fingerprint density at radius 1 is 1.06 bits per heavy atom. The normalized spacial score (nSPS) is 16.7. The molecule has 2 N–H and O–H groups in total. The highest BCUT2D eigenvalue weighted by Gasteiger charge is 2.25. The number of nitrogens with zero attached hydrogens (tertiary/aromatic N) is 4. The van der Waals surface area contributed by atoms with Crippen LogP contribution in [0.2, 0.25) is 0 Å². The van der Waals surface area contributed by atoms with Gasteiger partial charge in [-0.05, 0) is 55.0 Å². The summed E-state index contributed by atoms with van der Waals surface area (Å²) in [5.74, 6) is 2.74. The number of hydrogen-bond acceptors (Lipinski definition) is 6. The summed E-state index contributed by atoms with van der Waals surface area (Å²) >= 11 is 0. The van der Waals surface area contributed by atoms with Crippen LogP contribution in [-0.2, 0) is 0 Å². The fourth-order valence-electron chi connectivity index (χ4n) is 4.68. The molecule has 0 bridgehead atoms. The summed E-state index contributed by atoms with van der Waals surface area (Å²) in [4.78, 5) is 12.6. The monoisotopic (exact) mass is 444 g/mol. The lowest BCUT2D eigenvalue weighted by Crippen LogP contribution is -2.19. The number of ether oxygens (including phenoxy) is 2. The molecule has 1 aromatic carbocycles. The van der Waals surface area contributed by atoms with Crippen molar-refractivity contribution in [3.63, 3.8) is 0 Å². The highest BCUT2D eigenvalue weighted by Crippen LogP contribution is 2.38. The Balaban J connectivity index is 1.34. The zero-order valence-corrected chi connectivity index (χ0v) is 18.9. The van der Waals surface area contributed by atoms with E-state index in [1.54, 1.807) is 6.33 Å². The van der Waals surface area contributed by atoms with Gasteiger partial charge >= 0.3 is 0 Å². The van der Waals surface area contributed by atoms with E-state index in [4.69, 9.17) is 9.47 Å². The largest absolute Gasteiger partial charge is 0.486 e. The van der Waals surface area contributed by atoms with Crippen molar-refractivity contribution >= 4 is 16.9 Å². The van der Waals surface area contributed by atoms with E-state index in [0.29, 0.717) is 25.2 Å². The van der Waals surface area contributed by atoms with Crippen LogP contribution < -0.4 is 14.8 Å². The minimum atomic E-state index is 0.0535. The first-order valence-corrected chi connectivity index (χ1v) is 11.7. The van der Waals surface area contributed by atoms with Crippen molar-refractivity contribution in [3.8, 4) is 22.9 Å². The molecule has 1 saturated carbocycles. The summed E-state index contributed by atoms with van der Waals surface area (Å²) < 4.78 is 13.6. The van der Waals surface area contributed by atoms with Gasteiger partial charge in [0.2, 0.25) is 0 Å². The second-order valence-electron chi connectivity index (χ2n) is 9.18. The van der Waals surface area contributed by atoms with Crippen molar-refractivity contribution in [2.45, 2.75) is 45.2 Å². The molecule has 6 rings (SSSR count). The maximum atomic E-state index is 5.81. The van der Waals surface area contributed by atoms with E-state index in [9.17, 15) is 0 Å². The van der Waals surface area contributed by atoms with Crippen molar-refractivity contribution < 1.29 is 9.47 Å². The highest BCUT2D eigenvalue weighted by atomic mass is 16.6. The smallest absolute Gasteiger partial charge is 0.161 e. The van der Waals surface area contributed by atoms with Crippen LogP contribution in [0.1, 0.15) is 50.8 Å². The second kappa shape index (κ2) is 8.10. The van der Waals surface area contributed by atoms with Gasteiger partial charge in [-0.15, -0.1) is 0 Å². The molecule has 33 heavy (non-hydrogen) atoms. The van der Waals surface area contributed by atoms with E-state index in [-0.39, 0.29) is 6.04 Å². The second-order valence-corrected chi connectivity index (χ2v) is 9.18. The Kier molecular flexibility index (Phi) is 4.93. The maximum absolute atomic E-state index is 5.81. The van der Waals surface area contributed by atoms with E-state index >= 15 is 0 Å². The quantitative estimate of drug-likeness (QED) is 0.429. The Labute approximate surface area is 192 Å². The molecule has 0 amide bonds. The third-order valence-corrected chi connectivity index (χ3v) is 6.68. The molecule has 3 aromatic heterocycles. The molecule has 8 nitrogen and oxygen atoms in total. The van der Waals surface area contributed by atoms with Crippen molar-refractivity contribution in [1.29, 1.82) is 0 Å². The number of aromatic amines is 1. The molecule has 8 heteroatoms. The number of rotatable bonds is 6. The first-order valence-electron chi connectivity index (χ1n) is 11.7. The molecule has 1 fully saturated rings. The Morgan fingerprint density at radius 2 is 1.91 bits per heavy atom. The van der Waals surface area contributed by atoms with Crippen molar-refractivity contribution in [2.24, 2.45) is 5.92 Å². The summed E-state index contributed by atoms with van der Waals surface area (Å²) in [6.45, 7) is 5.57. The van der Waals surface area contributed by atoms with Crippen molar-refractivity contribution in [1.82, 2.24) is 24.7 Å². The molecule has 1 atom stereocenters. The summed E-state index contributed by atoms with van der Waals surface area (Å²) in [6, 6.07) is 10.9. The summed E-state index contributed by atoms with van der Waals surface area (Å²) in [5.41, 5.74) is 4.06. The number of H-pyrrole nitrogens is 1. The van der Waals surface area contributed by atoms with E-state index < -0.39 is 0 Å². The average Bonchev–Trinajstić information content (AvgIpc) is 3.43. The zero-order chi connectivity index (χ0) is 22.4. The Morgan fingerprint density at radius 3 is 2.70 bits per heavy atom. The van der Waals surface area contributed by atoms with Gasteiger partial charge in [-0.1, -0.05) is 19.9 Å². The fraction of sp³-hybridized carbons (Fsp3) is 0.400. The van der Waals surface area contributed by atoms with E-state index in [0.717, 1.165) is 45.3 Å². The van der Waals surface area contributed by atoms with Gasteiger partial charge in [0.15, 0.2) is 11.5 Å². The third kappa shape index (κ3) is 3.59. The van der Waals surface area contributed by atoms with Crippen LogP contribution in [0.4, 0.5) is 5.82 Å². The Bertz CT molecular complexity index is 1290. The number of anilines is 1. The van der Waals surface area contributed by atoms with Crippen LogP contribution in [-0.4, -0.2) is 37.9 Å². The summed E-state index contributed by atoms with van der Waals surface area (Å²) in [6.07, 6.45) is 7.13. The lowest BCUT2D eigenvalue weighted by molar-refractivity contribution is 0.171. The lowest BCUT2D eigenvalue weighted by atomic mass is 9.93. The lowest BCUT2D eigenvalue weighted by Gasteiger charge is -2.27. The molecule has 0 spiro atoms. The van der Waals surface area contributed by atoms with Gasteiger partial charge in [0.25, 0.3) is 0 Å². The van der Waals surface area contributed by atoms with Gasteiger partial charge < -0.3 is 19.8 Å². The Hall–Kier alpha value is -3.55. The van der Waals surface area contributed by atoms with Gasteiger partial charge in [0.1, 0.15) is 31.0 Å². The standard InChI is InChI=1S/C25H28N6O2/c1-15(2)23(16-6-7-21-22(12-16)33-11-10-32-21)30-25-18-13-19(29-24(18)26-14-27-25)20-8-9-28-31(20)17-4-3-5-17/h6-9,12-15,17,23H,3-5,10-11H2,1-2H3,(H2,26,27,29,30)/t23-/m1/s1. The number of hydrogen-bond donors (Lipinski definition) is 2. The molecule has 0 saturated heterocycles. The van der Waals surface area contributed by atoms with Crippen LogP contribution in [0.25, 0.3) is 22.4 Å². The molecule has 1 aliphatic heterocycles. The topological polar surface area (TPSA) is 89.9 Å². The summed E-state index contributed by atoms with van der Waals surface area (Å²) in [7, 11) is 0. The molecule has 0 radical (unpaired) electrons. The molecule has 170 valence electrons. The van der Waals surface area contributed by atoms with Crippen LogP contribution >= 0.6 is 0 Å². The third-order valence-electron chi connectivity index (χ3n) is 6.68. The molecule has 4 heterocycles. The van der Waals surface area contributed by atoms with Gasteiger partial charge in [-0.3, -0.25) is 4.68 Å². The predicted octanol–water partition coefficient (Wildman–Crippen LogP) is 5.13. The van der Waals surface area contributed by atoms with Gasteiger partial charge in [0, 0.05) is 6.20 Å². The van der Waals surface area contributed by atoms with Gasteiger partial charge in [-0.2, -0.15) is 5.10 Å². The van der Waals surface area contributed by atoms with Gasteiger partial charge in [0.05, 0.1) is 28.9 Å². The number of benzene rings is 1. The first-order chi connectivity index (χ1) is 16.2. The molecular weight excluding hydrogens is 416 g/mol. The molecule has 4 aromatic rings. The first kappa shape index (κ1) is 20.1. The molecular formula is C25H28N6O2. The molecule has 1 aliphatic carbocycles. The molecule has 0 unspecified atom stereocenters. The summed E-state index contributed by atoms with van der Waals surface area (Å²) in [5, 5.41) is 9.22. The minimum absolute atomic E-state index is 0.0535. The van der Waals surface area contributed by atoms with Gasteiger partial charge in [-0.25, -0.2) is 9.97 Å². The van der Waals surface area contributed by atoms with Crippen LogP contribution in [0, 0.1) is 5.92 Å².